The molecular weight excluding hydrogens is 411 g/mol. The third-order valence-electron chi connectivity index (χ3n) is 4.90. The van der Waals surface area contributed by atoms with Gasteiger partial charge >= 0.3 is 29.6 Å². The Morgan fingerprint density at radius 1 is 0.900 bits per heavy atom. The second-order valence-corrected chi connectivity index (χ2v) is 8.77. The molecule has 0 heterocycles. The van der Waals surface area contributed by atoms with Crippen LogP contribution in [0.4, 0.5) is 0 Å². The van der Waals surface area contributed by atoms with Gasteiger partial charge in [-0.05, 0) is 36.6 Å². The zero-order valence-electron chi connectivity index (χ0n) is 18.1. The molecule has 5 nitrogen and oxygen atoms in total. The molecule has 0 aliphatic heterocycles. The predicted molar refractivity (Wildman–Crippen MR) is 113 cm³/mol. The average molecular weight is 443 g/mol. The minimum Gasteiger partial charge on any atom is -0.872 e. The quantitative estimate of drug-likeness (QED) is 0.293. The zero-order chi connectivity index (χ0) is 21.1. The van der Waals surface area contributed by atoms with Crippen molar-refractivity contribution in [2.24, 2.45) is 0 Å². The first-order valence-electron chi connectivity index (χ1n) is 10.5. The Kier molecular flexibility index (Phi) is 12.7. The number of para-hydroxylation sites is 1. The predicted octanol–water partition coefficient (Wildman–Crippen LogP) is 2.88. The minimum absolute atomic E-state index is 0. The van der Waals surface area contributed by atoms with Gasteiger partial charge in [-0.15, -0.1) is 5.75 Å². The largest absolute Gasteiger partial charge is 1.00 e. The van der Waals surface area contributed by atoms with Crippen molar-refractivity contribution in [3.05, 3.63) is 48.0 Å². The number of aryl methyl sites for hydroxylation is 1. The van der Waals surface area contributed by atoms with Crippen molar-refractivity contribution >= 4 is 10.1 Å². The Bertz CT molecular complexity index is 853. The van der Waals surface area contributed by atoms with Crippen molar-refractivity contribution in [1.82, 2.24) is 0 Å². The van der Waals surface area contributed by atoms with Gasteiger partial charge < -0.3 is 9.84 Å². The maximum absolute atomic E-state index is 12.0. The molecular formula is C23H31NaO5S. The molecule has 0 amide bonds. The summed E-state index contributed by atoms with van der Waals surface area (Å²) >= 11 is 0. The van der Waals surface area contributed by atoms with Gasteiger partial charge in [0.1, 0.15) is 10.6 Å². The van der Waals surface area contributed by atoms with Crippen LogP contribution in [-0.2, 0) is 16.5 Å². The molecule has 7 heteroatoms. The van der Waals surface area contributed by atoms with Crippen molar-refractivity contribution in [3.8, 4) is 17.2 Å². The maximum Gasteiger partial charge on any atom is 1.00 e. The van der Waals surface area contributed by atoms with Crippen LogP contribution in [0, 0.1) is 0 Å². The van der Waals surface area contributed by atoms with E-state index in [0.717, 1.165) is 25.3 Å². The fraction of sp³-hybridized carbons (Fsp3) is 0.478. The SMILES string of the molecule is CCCCCCCCCCCc1cc([O-])cc(S(=O)(=O)O)c1Oc1ccccc1.[Na+]. The summed E-state index contributed by atoms with van der Waals surface area (Å²) in [6, 6.07) is 11.1. The van der Waals surface area contributed by atoms with E-state index in [1.165, 1.54) is 44.6 Å². The fourth-order valence-corrected chi connectivity index (χ4v) is 4.03. The van der Waals surface area contributed by atoms with E-state index in [-0.39, 0.29) is 35.3 Å². The molecule has 0 saturated heterocycles. The standard InChI is InChI=1S/C23H32O5S.Na/c1-2-3-4-5-6-7-8-9-11-14-19-17-20(24)18-22(29(25,26)27)23(19)28-21-15-12-10-13-16-21;/h10,12-13,15-18,24H,2-9,11,14H2,1H3,(H,25,26,27);/q;+1/p-1. The molecule has 0 bridgehead atoms. The van der Waals surface area contributed by atoms with Gasteiger partial charge in [-0.2, -0.15) is 8.42 Å². The fourth-order valence-electron chi connectivity index (χ4n) is 3.36. The Balaban J connectivity index is 0.00000450. The van der Waals surface area contributed by atoms with Crippen molar-refractivity contribution in [2.45, 2.75) is 76.0 Å². The molecule has 0 saturated carbocycles. The number of benzene rings is 2. The number of ether oxygens (including phenoxy) is 1. The first-order chi connectivity index (χ1) is 13.9. The van der Waals surface area contributed by atoms with E-state index >= 15 is 0 Å². The molecule has 160 valence electrons. The van der Waals surface area contributed by atoms with E-state index in [1.807, 2.05) is 6.07 Å². The van der Waals surface area contributed by atoms with Gasteiger partial charge in [0.2, 0.25) is 0 Å². The number of hydrogen-bond acceptors (Lipinski definition) is 4. The first kappa shape index (κ1) is 27.0. The molecule has 0 aliphatic rings. The van der Waals surface area contributed by atoms with Gasteiger partial charge in [0.15, 0.2) is 5.75 Å². The van der Waals surface area contributed by atoms with Crippen LogP contribution < -0.4 is 39.4 Å². The van der Waals surface area contributed by atoms with Crippen molar-refractivity contribution in [1.29, 1.82) is 0 Å². The summed E-state index contributed by atoms with van der Waals surface area (Å²) in [6.45, 7) is 2.21. The van der Waals surface area contributed by atoms with E-state index in [4.69, 9.17) is 4.74 Å². The van der Waals surface area contributed by atoms with Crippen LogP contribution in [0.1, 0.15) is 70.3 Å². The summed E-state index contributed by atoms with van der Waals surface area (Å²) < 4.78 is 39.0. The Morgan fingerprint density at radius 3 is 2.03 bits per heavy atom. The van der Waals surface area contributed by atoms with Gasteiger partial charge in [-0.25, -0.2) is 0 Å². The Hall–Kier alpha value is -1.05. The van der Waals surface area contributed by atoms with Gasteiger partial charge in [0.05, 0.1) is 0 Å². The van der Waals surface area contributed by atoms with Crippen LogP contribution in [-0.4, -0.2) is 13.0 Å². The smallest absolute Gasteiger partial charge is 0.872 e. The van der Waals surface area contributed by atoms with E-state index < -0.39 is 20.8 Å². The van der Waals surface area contributed by atoms with Gasteiger partial charge in [-0.1, -0.05) is 82.6 Å². The molecule has 0 radical (unpaired) electrons. The first-order valence-corrected chi connectivity index (χ1v) is 11.9. The molecule has 2 aromatic carbocycles. The molecule has 0 fully saturated rings. The van der Waals surface area contributed by atoms with E-state index in [2.05, 4.69) is 6.92 Å². The van der Waals surface area contributed by atoms with Crippen molar-refractivity contribution < 1.29 is 52.4 Å². The van der Waals surface area contributed by atoms with Gasteiger partial charge in [-0.3, -0.25) is 4.55 Å². The van der Waals surface area contributed by atoms with Crippen molar-refractivity contribution in [2.75, 3.05) is 0 Å². The van der Waals surface area contributed by atoms with E-state index in [9.17, 15) is 18.1 Å². The van der Waals surface area contributed by atoms with Crippen LogP contribution >= 0.6 is 0 Å². The molecule has 30 heavy (non-hydrogen) atoms. The molecule has 2 rings (SSSR count). The normalized spacial score (nSPS) is 11.1. The summed E-state index contributed by atoms with van der Waals surface area (Å²) in [5, 5.41) is 12.0. The monoisotopic (exact) mass is 442 g/mol. The average Bonchev–Trinajstić information content (AvgIpc) is 2.68. The number of hydrogen-bond donors (Lipinski definition) is 1. The summed E-state index contributed by atoms with van der Waals surface area (Å²) in [6.07, 6.45) is 11.0. The summed E-state index contributed by atoms with van der Waals surface area (Å²) in [4.78, 5) is -0.472. The minimum atomic E-state index is -4.57. The van der Waals surface area contributed by atoms with Gasteiger partial charge in [0.25, 0.3) is 10.1 Å². The molecule has 2 aromatic rings. The summed E-state index contributed by atoms with van der Waals surface area (Å²) in [5.41, 5.74) is 0.511. The second-order valence-electron chi connectivity index (χ2n) is 7.38. The van der Waals surface area contributed by atoms with Crippen LogP contribution in [0.2, 0.25) is 0 Å². The van der Waals surface area contributed by atoms with Crippen LogP contribution in [0.5, 0.6) is 17.2 Å². The Morgan fingerprint density at radius 2 is 1.47 bits per heavy atom. The Labute approximate surface area is 202 Å². The molecule has 0 spiro atoms. The second kappa shape index (κ2) is 14.1. The van der Waals surface area contributed by atoms with Crippen LogP contribution in [0.3, 0.4) is 0 Å². The molecule has 0 unspecified atom stereocenters. The summed E-state index contributed by atoms with van der Waals surface area (Å²) in [7, 11) is -4.57. The van der Waals surface area contributed by atoms with Crippen LogP contribution in [0.25, 0.3) is 0 Å². The molecule has 1 N–H and O–H groups in total. The van der Waals surface area contributed by atoms with Gasteiger partial charge in [0, 0.05) is 0 Å². The molecule has 0 atom stereocenters. The number of unbranched alkanes of at least 4 members (excludes halogenated alkanes) is 8. The maximum atomic E-state index is 12.0. The molecule has 0 aromatic heterocycles. The summed E-state index contributed by atoms with van der Waals surface area (Å²) in [5.74, 6) is 0.0335. The molecule has 0 aliphatic carbocycles. The van der Waals surface area contributed by atoms with E-state index in [1.54, 1.807) is 24.3 Å². The third kappa shape index (κ3) is 9.40. The topological polar surface area (TPSA) is 86.7 Å². The van der Waals surface area contributed by atoms with E-state index in [0.29, 0.717) is 17.7 Å². The number of rotatable bonds is 13. The van der Waals surface area contributed by atoms with Crippen LogP contribution in [0.15, 0.2) is 47.4 Å². The van der Waals surface area contributed by atoms with Crippen molar-refractivity contribution in [3.63, 3.8) is 0 Å². The third-order valence-corrected chi connectivity index (χ3v) is 5.76. The zero-order valence-corrected chi connectivity index (χ0v) is 20.9.